The van der Waals surface area contributed by atoms with Gasteiger partial charge in [0.15, 0.2) is 0 Å². The van der Waals surface area contributed by atoms with Crippen LogP contribution < -0.4 is 4.72 Å². The van der Waals surface area contributed by atoms with Gasteiger partial charge in [-0.05, 0) is 24.3 Å². The van der Waals surface area contributed by atoms with E-state index in [0.29, 0.717) is 54.8 Å². The first kappa shape index (κ1) is 23.7. The smallest absolute Gasteiger partial charge is 0.273 e. The molecule has 182 valence electrons. The molecule has 4 heterocycles. The highest BCUT2D eigenvalue weighted by molar-refractivity contribution is 7.92. The maximum absolute atomic E-state index is 12.6. The zero-order valence-corrected chi connectivity index (χ0v) is 21.3. The van der Waals surface area contributed by atoms with Crippen molar-refractivity contribution >= 4 is 50.2 Å². The number of fused-ring (bicyclic) bond motifs is 1. The van der Waals surface area contributed by atoms with Crippen molar-refractivity contribution in [3.63, 3.8) is 0 Å². The lowest BCUT2D eigenvalue weighted by Gasteiger charge is -2.34. The van der Waals surface area contributed by atoms with E-state index in [1.54, 1.807) is 29.2 Å². The molecule has 1 fully saturated rings. The molecule has 1 saturated heterocycles. The number of aromatic nitrogens is 3. The number of carbonyl (C=O) groups is 1. The molecule has 12 heteroatoms. The molecule has 1 N–H and O–H groups in total. The summed E-state index contributed by atoms with van der Waals surface area (Å²) in [5.74, 6) is -0.0425. The Labute approximate surface area is 212 Å². The summed E-state index contributed by atoms with van der Waals surface area (Å²) in [7, 11) is -3.42. The van der Waals surface area contributed by atoms with Gasteiger partial charge >= 0.3 is 0 Å². The molecule has 0 unspecified atom stereocenters. The molecular formula is C23H23ClN6O3S2. The maximum Gasteiger partial charge on any atom is 0.273 e. The molecule has 0 saturated carbocycles. The number of piperazine rings is 1. The second-order valence-electron chi connectivity index (χ2n) is 8.38. The quantitative estimate of drug-likeness (QED) is 0.410. The Bertz CT molecular complexity index is 1460. The minimum atomic E-state index is -3.42. The van der Waals surface area contributed by atoms with Crippen LogP contribution in [0.3, 0.4) is 0 Å². The first-order chi connectivity index (χ1) is 16.8. The number of carbonyl (C=O) groups excluding carboxylic acids is 1. The predicted molar refractivity (Wildman–Crippen MR) is 137 cm³/mol. The largest absolute Gasteiger partial charge is 0.335 e. The van der Waals surface area contributed by atoms with Crippen LogP contribution in [0.15, 0.2) is 53.5 Å². The van der Waals surface area contributed by atoms with Crippen LogP contribution in [0, 0.1) is 0 Å². The lowest BCUT2D eigenvalue weighted by atomic mass is 10.1. The molecule has 4 aromatic rings. The molecule has 1 amide bonds. The molecular weight excluding hydrogens is 508 g/mol. The number of imidazole rings is 1. The average Bonchev–Trinajstić information content (AvgIpc) is 3.48. The van der Waals surface area contributed by atoms with E-state index < -0.39 is 10.0 Å². The van der Waals surface area contributed by atoms with Crippen LogP contribution in [0.5, 0.6) is 0 Å². The fourth-order valence-corrected chi connectivity index (χ4v) is 5.36. The number of amides is 1. The number of hydrogen-bond acceptors (Lipinski definition) is 7. The van der Waals surface area contributed by atoms with Crippen molar-refractivity contribution in [3.8, 4) is 11.3 Å². The van der Waals surface area contributed by atoms with Gasteiger partial charge in [0, 0.05) is 54.9 Å². The normalized spacial score (nSPS) is 15.0. The molecule has 3 aromatic heterocycles. The molecule has 9 nitrogen and oxygen atoms in total. The van der Waals surface area contributed by atoms with Gasteiger partial charge in [-0.25, -0.2) is 18.4 Å². The SMILES string of the molecule is CS(=O)(=O)Nc1ccc2nc(-c3ccc(Cl)cc3)c(CN3CCN(C(=O)c4cscn4)CC3)n2c1. The lowest BCUT2D eigenvalue weighted by Crippen LogP contribution is -2.48. The van der Waals surface area contributed by atoms with Gasteiger partial charge < -0.3 is 4.90 Å². The van der Waals surface area contributed by atoms with Crippen molar-refractivity contribution in [3.05, 3.63) is 69.9 Å². The van der Waals surface area contributed by atoms with E-state index in [9.17, 15) is 13.2 Å². The number of hydrogen-bond donors (Lipinski definition) is 1. The standard InChI is InChI=1S/C23H23ClN6O3S2/c1-35(32,33)27-18-6-7-21-26-22(16-2-4-17(24)5-3-16)20(30(21)12-18)13-28-8-10-29(11-9-28)23(31)19-14-34-15-25-19/h2-7,12,14-15,27H,8-11,13H2,1H3. The van der Waals surface area contributed by atoms with Gasteiger partial charge in [0.2, 0.25) is 10.0 Å². The topological polar surface area (TPSA) is 99.9 Å². The van der Waals surface area contributed by atoms with E-state index in [0.717, 1.165) is 23.2 Å². The van der Waals surface area contributed by atoms with Crippen molar-refractivity contribution < 1.29 is 13.2 Å². The molecule has 0 radical (unpaired) electrons. The van der Waals surface area contributed by atoms with E-state index in [2.05, 4.69) is 14.6 Å². The highest BCUT2D eigenvalue weighted by Gasteiger charge is 2.25. The summed E-state index contributed by atoms with van der Waals surface area (Å²) in [5.41, 5.74) is 5.97. The number of rotatable bonds is 6. The van der Waals surface area contributed by atoms with Crippen LogP contribution in [-0.4, -0.2) is 70.9 Å². The Morgan fingerprint density at radius 1 is 1.11 bits per heavy atom. The van der Waals surface area contributed by atoms with E-state index in [4.69, 9.17) is 16.6 Å². The number of benzene rings is 1. The van der Waals surface area contributed by atoms with Crippen LogP contribution in [0.4, 0.5) is 5.69 Å². The summed E-state index contributed by atoms with van der Waals surface area (Å²) < 4.78 is 28.0. The van der Waals surface area contributed by atoms with Gasteiger partial charge in [0.1, 0.15) is 11.3 Å². The number of thiazole rings is 1. The van der Waals surface area contributed by atoms with Crippen LogP contribution in [0.2, 0.25) is 5.02 Å². The molecule has 5 rings (SSSR count). The summed E-state index contributed by atoms with van der Waals surface area (Å²) in [5, 5.41) is 2.41. The van der Waals surface area contributed by atoms with E-state index >= 15 is 0 Å². The zero-order valence-electron chi connectivity index (χ0n) is 18.9. The lowest BCUT2D eigenvalue weighted by molar-refractivity contribution is 0.0622. The molecule has 1 aliphatic heterocycles. The second-order valence-corrected chi connectivity index (χ2v) is 11.3. The van der Waals surface area contributed by atoms with Crippen molar-refractivity contribution in [1.82, 2.24) is 24.2 Å². The first-order valence-corrected chi connectivity index (χ1v) is 14.1. The Balaban J connectivity index is 1.44. The van der Waals surface area contributed by atoms with Gasteiger partial charge in [0.05, 0.1) is 28.8 Å². The van der Waals surface area contributed by atoms with E-state index in [-0.39, 0.29) is 5.91 Å². The third-order valence-electron chi connectivity index (χ3n) is 5.82. The summed E-state index contributed by atoms with van der Waals surface area (Å²) in [6.45, 7) is 3.18. The second kappa shape index (κ2) is 9.57. The summed E-state index contributed by atoms with van der Waals surface area (Å²) >= 11 is 7.51. The van der Waals surface area contributed by atoms with Crippen LogP contribution in [0.1, 0.15) is 16.2 Å². The molecule has 0 aliphatic carbocycles. The fourth-order valence-electron chi connectivity index (χ4n) is 4.16. The van der Waals surface area contributed by atoms with Gasteiger partial charge in [-0.3, -0.25) is 18.8 Å². The summed E-state index contributed by atoms with van der Waals surface area (Å²) in [6, 6.07) is 11.0. The highest BCUT2D eigenvalue weighted by Crippen LogP contribution is 2.28. The number of nitrogens with one attached hydrogen (secondary N) is 1. The Kier molecular flexibility index (Phi) is 6.49. The average molecular weight is 531 g/mol. The molecule has 1 aromatic carbocycles. The zero-order chi connectivity index (χ0) is 24.6. The first-order valence-electron chi connectivity index (χ1n) is 10.9. The maximum atomic E-state index is 12.6. The van der Waals surface area contributed by atoms with Crippen LogP contribution in [-0.2, 0) is 16.6 Å². The molecule has 35 heavy (non-hydrogen) atoms. The summed E-state index contributed by atoms with van der Waals surface area (Å²) in [6.07, 6.45) is 2.87. The Morgan fingerprint density at radius 2 is 1.86 bits per heavy atom. The monoisotopic (exact) mass is 530 g/mol. The van der Waals surface area contributed by atoms with Crippen molar-refractivity contribution in [2.75, 3.05) is 37.2 Å². The Hall–Kier alpha value is -2.99. The minimum Gasteiger partial charge on any atom is -0.335 e. The summed E-state index contributed by atoms with van der Waals surface area (Å²) in [4.78, 5) is 25.7. The molecule has 1 aliphatic rings. The molecule has 0 atom stereocenters. The van der Waals surface area contributed by atoms with E-state index in [1.807, 2.05) is 33.6 Å². The van der Waals surface area contributed by atoms with Crippen molar-refractivity contribution in [2.45, 2.75) is 6.54 Å². The number of halogens is 1. The van der Waals surface area contributed by atoms with Gasteiger partial charge in [0.25, 0.3) is 5.91 Å². The van der Waals surface area contributed by atoms with Gasteiger partial charge in [-0.15, -0.1) is 11.3 Å². The van der Waals surface area contributed by atoms with Crippen molar-refractivity contribution in [2.24, 2.45) is 0 Å². The van der Waals surface area contributed by atoms with Crippen molar-refractivity contribution in [1.29, 1.82) is 0 Å². The third kappa shape index (κ3) is 5.32. The number of nitrogens with zero attached hydrogens (tertiary/aromatic N) is 5. The fraction of sp³-hybridized carbons (Fsp3) is 0.261. The molecule has 0 spiro atoms. The number of anilines is 1. The van der Waals surface area contributed by atoms with Gasteiger partial charge in [-0.2, -0.15) is 0 Å². The third-order valence-corrected chi connectivity index (χ3v) is 7.27. The Morgan fingerprint density at radius 3 is 2.51 bits per heavy atom. The molecule has 0 bridgehead atoms. The number of pyridine rings is 1. The number of sulfonamides is 1. The van der Waals surface area contributed by atoms with E-state index in [1.165, 1.54) is 11.3 Å². The predicted octanol–water partition coefficient (Wildman–Crippen LogP) is 3.44. The van der Waals surface area contributed by atoms with Gasteiger partial charge in [-0.1, -0.05) is 23.7 Å². The highest BCUT2D eigenvalue weighted by atomic mass is 35.5. The minimum absolute atomic E-state index is 0.0425. The van der Waals surface area contributed by atoms with Crippen LogP contribution in [0.25, 0.3) is 16.9 Å². The van der Waals surface area contributed by atoms with Crippen LogP contribution >= 0.6 is 22.9 Å².